The van der Waals surface area contributed by atoms with Gasteiger partial charge in [0.15, 0.2) is 0 Å². The maximum absolute atomic E-state index is 2.45. The van der Waals surface area contributed by atoms with Gasteiger partial charge in [0.2, 0.25) is 0 Å². The molecule has 0 saturated heterocycles. The first-order valence-electron chi connectivity index (χ1n) is 7.35. The van der Waals surface area contributed by atoms with E-state index >= 15 is 0 Å². The summed E-state index contributed by atoms with van der Waals surface area (Å²) in [6, 6.07) is 18.1. The molecular weight excluding hydrogens is 228 g/mol. The van der Waals surface area contributed by atoms with Gasteiger partial charge in [0.1, 0.15) is 0 Å². The largest absolute Gasteiger partial charge is 0.0622 e. The molecule has 0 heterocycles. The Balaban J connectivity index is 2.07. The minimum absolute atomic E-state index is 0.588. The lowest BCUT2D eigenvalue weighted by Crippen LogP contribution is -1.97. The average Bonchev–Trinajstić information content (AvgIpc) is 2.77. The van der Waals surface area contributed by atoms with Crippen molar-refractivity contribution in [2.75, 3.05) is 0 Å². The Morgan fingerprint density at radius 3 is 2.37 bits per heavy atom. The molecule has 2 aromatic rings. The van der Waals surface area contributed by atoms with E-state index < -0.39 is 0 Å². The lowest BCUT2D eigenvalue weighted by molar-refractivity contribution is 0.686. The predicted molar refractivity (Wildman–Crippen MR) is 81.8 cm³/mol. The highest BCUT2D eigenvalue weighted by atomic mass is 14.3. The van der Waals surface area contributed by atoms with Crippen molar-refractivity contribution in [1.82, 2.24) is 0 Å². The van der Waals surface area contributed by atoms with Crippen LogP contribution in [0.1, 0.15) is 67.2 Å². The van der Waals surface area contributed by atoms with Gasteiger partial charge in [-0.15, -0.1) is 0 Å². The molecule has 3 rings (SSSR count). The third-order valence-corrected chi connectivity index (χ3v) is 4.48. The van der Waals surface area contributed by atoms with E-state index in [1.165, 1.54) is 17.5 Å². The average molecular weight is 250 g/mol. The van der Waals surface area contributed by atoms with Gasteiger partial charge in [0.25, 0.3) is 0 Å². The summed E-state index contributed by atoms with van der Waals surface area (Å²) in [5.74, 6) is 1.88. The van der Waals surface area contributed by atoms with Crippen molar-refractivity contribution in [1.29, 1.82) is 0 Å². The zero-order chi connectivity index (χ0) is 13.4. The molecule has 2 unspecified atom stereocenters. The van der Waals surface area contributed by atoms with Gasteiger partial charge >= 0.3 is 0 Å². The molecule has 0 spiro atoms. The first-order chi connectivity index (χ1) is 9.16. The molecule has 1 aliphatic carbocycles. The summed E-state index contributed by atoms with van der Waals surface area (Å²) < 4.78 is 0. The van der Waals surface area contributed by atoms with Crippen LogP contribution in [0.15, 0.2) is 48.5 Å². The highest BCUT2D eigenvalue weighted by Crippen LogP contribution is 2.45. The van der Waals surface area contributed by atoms with Gasteiger partial charge in [-0.25, -0.2) is 0 Å². The van der Waals surface area contributed by atoms with Gasteiger partial charge in [0.05, 0.1) is 0 Å². The van der Waals surface area contributed by atoms with Crippen LogP contribution in [0, 0.1) is 0 Å². The summed E-state index contributed by atoms with van der Waals surface area (Å²) in [4.78, 5) is 0. The summed E-state index contributed by atoms with van der Waals surface area (Å²) in [5, 5.41) is 0. The quantitative estimate of drug-likeness (QED) is 0.665. The molecule has 0 nitrogen and oxygen atoms in total. The summed E-state index contributed by atoms with van der Waals surface area (Å²) in [5.41, 5.74) is 6.05. The van der Waals surface area contributed by atoms with Crippen molar-refractivity contribution in [3.63, 3.8) is 0 Å². The number of fused-ring (bicyclic) bond motifs is 1. The van der Waals surface area contributed by atoms with Crippen LogP contribution in [0.2, 0.25) is 0 Å². The highest BCUT2D eigenvalue weighted by Gasteiger charge is 2.29. The van der Waals surface area contributed by atoms with Crippen molar-refractivity contribution in [3.05, 3.63) is 70.8 Å². The van der Waals surface area contributed by atoms with Crippen LogP contribution >= 0.6 is 0 Å². The second-order valence-corrected chi connectivity index (χ2v) is 6.14. The van der Waals surface area contributed by atoms with Gasteiger partial charge in [-0.2, -0.15) is 0 Å². The fourth-order valence-electron chi connectivity index (χ4n) is 3.31. The van der Waals surface area contributed by atoms with Crippen LogP contribution < -0.4 is 0 Å². The van der Waals surface area contributed by atoms with E-state index in [-0.39, 0.29) is 0 Å². The monoisotopic (exact) mass is 250 g/mol. The van der Waals surface area contributed by atoms with Crippen molar-refractivity contribution in [3.8, 4) is 0 Å². The highest BCUT2D eigenvalue weighted by molar-refractivity contribution is 5.46. The topological polar surface area (TPSA) is 0 Å². The zero-order valence-electron chi connectivity index (χ0n) is 12.1. The molecule has 0 saturated carbocycles. The first-order valence-corrected chi connectivity index (χ1v) is 7.35. The smallest absolute Gasteiger partial charge is 0.00979 e. The van der Waals surface area contributed by atoms with Gasteiger partial charge in [0, 0.05) is 5.92 Å². The fraction of sp³-hybridized carbons (Fsp3) is 0.368. The molecule has 0 aromatic heterocycles. The molecular formula is C19H22. The Kier molecular flexibility index (Phi) is 3.18. The van der Waals surface area contributed by atoms with Crippen molar-refractivity contribution < 1.29 is 0 Å². The zero-order valence-corrected chi connectivity index (χ0v) is 12.1. The third kappa shape index (κ3) is 2.20. The van der Waals surface area contributed by atoms with Crippen LogP contribution in [-0.2, 0) is 0 Å². The Labute approximate surface area is 116 Å². The van der Waals surface area contributed by atoms with E-state index in [1.807, 2.05) is 0 Å². The Bertz CT molecular complexity index is 566. The minimum atomic E-state index is 0.588. The van der Waals surface area contributed by atoms with Crippen LogP contribution in [0.25, 0.3) is 0 Å². The van der Waals surface area contributed by atoms with E-state index in [2.05, 4.69) is 69.3 Å². The second kappa shape index (κ2) is 4.85. The minimum Gasteiger partial charge on any atom is -0.0622 e. The lowest BCUT2D eigenvalue weighted by Gasteiger charge is -2.14. The molecule has 0 amide bonds. The molecule has 2 atom stereocenters. The maximum atomic E-state index is 2.45. The number of hydrogen-bond donors (Lipinski definition) is 0. The Morgan fingerprint density at radius 1 is 0.947 bits per heavy atom. The van der Waals surface area contributed by atoms with Crippen LogP contribution in [-0.4, -0.2) is 0 Å². The van der Waals surface area contributed by atoms with Crippen LogP contribution in [0.4, 0.5) is 0 Å². The normalized spacial score (nSPS) is 21.7. The van der Waals surface area contributed by atoms with E-state index in [0.717, 1.165) is 0 Å². The van der Waals surface area contributed by atoms with E-state index in [1.54, 1.807) is 11.1 Å². The van der Waals surface area contributed by atoms with Crippen LogP contribution in [0.5, 0.6) is 0 Å². The van der Waals surface area contributed by atoms with Crippen molar-refractivity contribution >= 4 is 0 Å². The molecule has 2 aromatic carbocycles. The molecule has 0 bridgehead atoms. The summed E-state index contributed by atoms with van der Waals surface area (Å²) in [6.07, 6.45) is 1.25. The van der Waals surface area contributed by atoms with Crippen molar-refractivity contribution in [2.45, 2.75) is 44.9 Å². The molecule has 0 N–H and O–H groups in total. The molecule has 98 valence electrons. The number of rotatable bonds is 2. The maximum Gasteiger partial charge on any atom is 0.00979 e. The molecule has 0 aliphatic heterocycles. The molecule has 0 heteroatoms. The summed E-state index contributed by atoms with van der Waals surface area (Å²) in [7, 11) is 0. The Hall–Kier alpha value is -1.56. The molecule has 0 fully saturated rings. The molecule has 19 heavy (non-hydrogen) atoms. The molecule has 0 radical (unpaired) electrons. The van der Waals surface area contributed by atoms with E-state index in [0.29, 0.717) is 17.8 Å². The molecule has 1 aliphatic rings. The second-order valence-electron chi connectivity index (χ2n) is 6.14. The summed E-state index contributed by atoms with van der Waals surface area (Å²) in [6.45, 7) is 6.91. The lowest BCUT2D eigenvalue weighted by atomic mass is 9.90. The predicted octanol–water partition coefficient (Wildman–Crippen LogP) is 5.45. The third-order valence-electron chi connectivity index (χ3n) is 4.48. The summed E-state index contributed by atoms with van der Waals surface area (Å²) >= 11 is 0. The van der Waals surface area contributed by atoms with Crippen LogP contribution in [0.3, 0.4) is 0 Å². The van der Waals surface area contributed by atoms with E-state index in [4.69, 9.17) is 0 Å². The van der Waals surface area contributed by atoms with Crippen molar-refractivity contribution in [2.24, 2.45) is 0 Å². The standard InChI is InChI=1S/C19H22/c1-13(2)16-9-10-17-14(3)11-18(19(17)12-16)15-7-5-4-6-8-15/h4-10,12-14,18H,11H2,1-3H3. The number of hydrogen-bond acceptors (Lipinski definition) is 0. The Morgan fingerprint density at radius 2 is 1.68 bits per heavy atom. The number of benzene rings is 2. The first kappa shape index (κ1) is 12.5. The van der Waals surface area contributed by atoms with Gasteiger partial charge in [-0.1, -0.05) is 69.3 Å². The van der Waals surface area contributed by atoms with Gasteiger partial charge in [-0.05, 0) is 40.5 Å². The van der Waals surface area contributed by atoms with Gasteiger partial charge in [-0.3, -0.25) is 0 Å². The van der Waals surface area contributed by atoms with E-state index in [9.17, 15) is 0 Å². The fourth-order valence-corrected chi connectivity index (χ4v) is 3.31. The van der Waals surface area contributed by atoms with Gasteiger partial charge < -0.3 is 0 Å². The SMILES string of the molecule is CC(C)c1ccc2c(c1)C(c1ccccc1)CC2C.